The molecule has 1 atom stereocenters. The van der Waals surface area contributed by atoms with Gasteiger partial charge in [-0.2, -0.15) is 0 Å². The summed E-state index contributed by atoms with van der Waals surface area (Å²) in [6.45, 7) is 1.41. The molecular formula is C20H22N2O5. The number of amides is 1. The predicted octanol–water partition coefficient (Wildman–Crippen LogP) is 2.21. The summed E-state index contributed by atoms with van der Waals surface area (Å²) < 4.78 is 5.09. The summed E-state index contributed by atoms with van der Waals surface area (Å²) in [4.78, 5) is 38.2. The first kappa shape index (κ1) is 18.7. The number of carboxylic acids is 1. The van der Waals surface area contributed by atoms with Gasteiger partial charge in [0, 0.05) is 5.69 Å². The van der Waals surface area contributed by atoms with Gasteiger partial charge in [0.2, 0.25) is 0 Å². The third-order valence-electron chi connectivity index (χ3n) is 4.67. The highest BCUT2D eigenvalue weighted by atomic mass is 16.5. The molecule has 0 spiro atoms. The van der Waals surface area contributed by atoms with Crippen molar-refractivity contribution >= 4 is 11.9 Å². The quantitative estimate of drug-likeness (QED) is 0.722. The number of nitrogens with one attached hydrogen (secondary N) is 2. The fourth-order valence-electron chi connectivity index (χ4n) is 3.20. The van der Waals surface area contributed by atoms with Crippen molar-refractivity contribution in [1.29, 1.82) is 0 Å². The Morgan fingerprint density at radius 3 is 2.63 bits per heavy atom. The van der Waals surface area contributed by atoms with Crippen molar-refractivity contribution in [3.8, 4) is 5.75 Å². The number of aromatic amines is 1. The average Bonchev–Trinajstić information content (AvgIpc) is 2.66. The van der Waals surface area contributed by atoms with E-state index in [1.807, 2.05) is 6.92 Å². The molecule has 0 bridgehead atoms. The number of benzene rings is 1. The lowest BCUT2D eigenvalue weighted by Crippen LogP contribution is -2.32. The van der Waals surface area contributed by atoms with Crippen LogP contribution in [0.5, 0.6) is 5.75 Å². The van der Waals surface area contributed by atoms with E-state index in [9.17, 15) is 14.4 Å². The average molecular weight is 370 g/mol. The van der Waals surface area contributed by atoms with Gasteiger partial charge < -0.3 is 20.1 Å². The molecule has 2 aromatic rings. The van der Waals surface area contributed by atoms with Crippen LogP contribution in [-0.2, 0) is 17.6 Å². The SMILES string of the molecule is CC(NC(=O)c1cc2c([nH]c1=O)CCCC2)c1ccc(OCC(=O)O)cc1. The maximum atomic E-state index is 12.6. The number of hydrogen-bond acceptors (Lipinski definition) is 4. The first-order valence-corrected chi connectivity index (χ1v) is 8.94. The molecule has 1 aromatic carbocycles. The molecule has 0 saturated heterocycles. The van der Waals surface area contributed by atoms with E-state index in [1.165, 1.54) is 0 Å². The molecule has 0 aliphatic heterocycles. The van der Waals surface area contributed by atoms with Crippen LogP contribution in [0.4, 0.5) is 0 Å². The topological polar surface area (TPSA) is 108 Å². The largest absolute Gasteiger partial charge is 0.482 e. The zero-order valence-corrected chi connectivity index (χ0v) is 15.1. The highest BCUT2D eigenvalue weighted by molar-refractivity contribution is 5.94. The van der Waals surface area contributed by atoms with Gasteiger partial charge in [0.15, 0.2) is 6.61 Å². The number of pyridine rings is 1. The Bertz CT molecular complexity index is 902. The maximum Gasteiger partial charge on any atom is 0.341 e. The molecule has 3 N–H and O–H groups in total. The molecule has 0 saturated carbocycles. The highest BCUT2D eigenvalue weighted by Crippen LogP contribution is 2.20. The van der Waals surface area contributed by atoms with Crippen molar-refractivity contribution in [2.24, 2.45) is 0 Å². The summed E-state index contributed by atoms with van der Waals surface area (Å²) in [5.74, 6) is -1.02. The number of carbonyl (C=O) groups excluding carboxylic acids is 1. The lowest BCUT2D eigenvalue weighted by atomic mass is 9.95. The lowest BCUT2D eigenvalue weighted by molar-refractivity contribution is -0.139. The number of fused-ring (bicyclic) bond motifs is 1. The molecule has 1 aliphatic rings. The number of ether oxygens (including phenoxy) is 1. The van der Waals surface area contributed by atoms with Gasteiger partial charge in [-0.1, -0.05) is 12.1 Å². The van der Waals surface area contributed by atoms with E-state index in [0.29, 0.717) is 5.75 Å². The molecule has 142 valence electrons. The molecule has 27 heavy (non-hydrogen) atoms. The molecule has 7 heteroatoms. The molecule has 0 fully saturated rings. The molecule has 3 rings (SSSR count). The minimum absolute atomic E-state index is 0.129. The number of aromatic nitrogens is 1. The zero-order chi connectivity index (χ0) is 19.4. The molecule has 1 aromatic heterocycles. The number of carboxylic acid groups (broad SMARTS) is 1. The molecule has 1 unspecified atom stereocenters. The Balaban J connectivity index is 1.68. The van der Waals surface area contributed by atoms with Gasteiger partial charge >= 0.3 is 5.97 Å². The number of aryl methyl sites for hydroxylation is 2. The second-order valence-electron chi connectivity index (χ2n) is 6.67. The standard InChI is InChI=1S/C20H22N2O5/c1-12(13-6-8-15(9-7-13)27-11-18(23)24)21-19(25)16-10-14-4-2-3-5-17(14)22-20(16)26/h6-10,12H,2-5,11H2,1H3,(H,21,25)(H,22,26)(H,23,24). The van der Waals surface area contributed by atoms with Gasteiger partial charge in [-0.15, -0.1) is 0 Å². The van der Waals surface area contributed by atoms with Crippen LogP contribution in [-0.4, -0.2) is 28.6 Å². The van der Waals surface area contributed by atoms with E-state index in [-0.39, 0.29) is 17.2 Å². The molecular weight excluding hydrogens is 348 g/mol. The van der Waals surface area contributed by atoms with E-state index in [0.717, 1.165) is 42.5 Å². The van der Waals surface area contributed by atoms with E-state index in [1.54, 1.807) is 30.3 Å². The second kappa shape index (κ2) is 8.07. The summed E-state index contributed by atoms with van der Waals surface area (Å²) in [6.07, 6.45) is 3.84. The second-order valence-corrected chi connectivity index (χ2v) is 6.67. The van der Waals surface area contributed by atoms with E-state index in [2.05, 4.69) is 10.3 Å². The fourth-order valence-corrected chi connectivity index (χ4v) is 3.20. The number of aliphatic carboxylic acids is 1. The third-order valence-corrected chi connectivity index (χ3v) is 4.67. The molecule has 1 aliphatic carbocycles. The highest BCUT2D eigenvalue weighted by Gasteiger charge is 2.19. The van der Waals surface area contributed by atoms with Gasteiger partial charge in [-0.3, -0.25) is 9.59 Å². The van der Waals surface area contributed by atoms with Crippen LogP contribution in [0.25, 0.3) is 0 Å². The smallest absolute Gasteiger partial charge is 0.341 e. The molecule has 7 nitrogen and oxygen atoms in total. The first-order chi connectivity index (χ1) is 12.9. The van der Waals surface area contributed by atoms with Crippen molar-refractivity contribution in [3.63, 3.8) is 0 Å². The third kappa shape index (κ3) is 4.55. The van der Waals surface area contributed by atoms with Crippen LogP contribution >= 0.6 is 0 Å². The van der Waals surface area contributed by atoms with Gasteiger partial charge in [0.1, 0.15) is 11.3 Å². The van der Waals surface area contributed by atoms with Crippen LogP contribution in [0, 0.1) is 0 Å². The van der Waals surface area contributed by atoms with Crippen LogP contribution in [0.1, 0.15) is 53.0 Å². The Morgan fingerprint density at radius 2 is 1.93 bits per heavy atom. The normalized spacial score (nSPS) is 14.1. The summed E-state index contributed by atoms with van der Waals surface area (Å²) in [5.41, 5.74) is 2.56. The molecule has 0 radical (unpaired) electrons. The van der Waals surface area contributed by atoms with Gasteiger partial charge in [-0.05, 0) is 61.9 Å². The van der Waals surface area contributed by atoms with Crippen molar-refractivity contribution in [2.45, 2.75) is 38.6 Å². The van der Waals surface area contributed by atoms with Crippen molar-refractivity contribution in [2.75, 3.05) is 6.61 Å². The Hall–Kier alpha value is -3.09. The molecule has 1 heterocycles. The van der Waals surface area contributed by atoms with Crippen molar-refractivity contribution < 1.29 is 19.4 Å². The number of carbonyl (C=O) groups is 2. The van der Waals surface area contributed by atoms with Crippen LogP contribution in [0.15, 0.2) is 35.1 Å². The van der Waals surface area contributed by atoms with Gasteiger partial charge in [0.05, 0.1) is 6.04 Å². The minimum atomic E-state index is -1.05. The van der Waals surface area contributed by atoms with E-state index in [4.69, 9.17) is 9.84 Å². The maximum absolute atomic E-state index is 12.6. The summed E-state index contributed by atoms with van der Waals surface area (Å²) in [6, 6.07) is 8.18. The Morgan fingerprint density at radius 1 is 1.22 bits per heavy atom. The van der Waals surface area contributed by atoms with E-state index >= 15 is 0 Å². The van der Waals surface area contributed by atoms with E-state index < -0.39 is 18.5 Å². The minimum Gasteiger partial charge on any atom is -0.482 e. The summed E-state index contributed by atoms with van der Waals surface area (Å²) in [7, 11) is 0. The van der Waals surface area contributed by atoms with Crippen molar-refractivity contribution in [3.05, 3.63) is 63.1 Å². The summed E-state index contributed by atoms with van der Waals surface area (Å²) >= 11 is 0. The fraction of sp³-hybridized carbons (Fsp3) is 0.350. The van der Waals surface area contributed by atoms with Crippen LogP contribution in [0.2, 0.25) is 0 Å². The van der Waals surface area contributed by atoms with Crippen molar-refractivity contribution in [1.82, 2.24) is 10.3 Å². The monoisotopic (exact) mass is 370 g/mol. The Labute approximate surface area is 156 Å². The van der Waals surface area contributed by atoms with Crippen LogP contribution in [0.3, 0.4) is 0 Å². The first-order valence-electron chi connectivity index (χ1n) is 8.94. The van der Waals surface area contributed by atoms with Gasteiger partial charge in [-0.25, -0.2) is 4.79 Å². The summed E-state index contributed by atoms with van der Waals surface area (Å²) in [5, 5.41) is 11.5. The predicted molar refractivity (Wildman–Crippen MR) is 99.2 cm³/mol. The lowest BCUT2D eigenvalue weighted by Gasteiger charge is -2.18. The Kier molecular flexibility index (Phi) is 5.59. The number of hydrogen-bond donors (Lipinski definition) is 3. The number of rotatable bonds is 6. The van der Waals surface area contributed by atoms with Gasteiger partial charge in [0.25, 0.3) is 11.5 Å². The number of H-pyrrole nitrogens is 1. The zero-order valence-electron chi connectivity index (χ0n) is 15.1. The van der Waals surface area contributed by atoms with Crippen LogP contribution < -0.4 is 15.6 Å². The molecule has 1 amide bonds.